The fourth-order valence-corrected chi connectivity index (χ4v) is 3.05. The first-order valence-corrected chi connectivity index (χ1v) is 7.92. The molecule has 0 saturated heterocycles. The third kappa shape index (κ3) is 3.61. The highest BCUT2D eigenvalue weighted by Gasteiger charge is 2.16. The lowest BCUT2D eigenvalue weighted by molar-refractivity contribution is 0.670. The molecule has 4 nitrogen and oxygen atoms in total. The van der Waals surface area contributed by atoms with Crippen molar-refractivity contribution < 1.29 is 0 Å². The van der Waals surface area contributed by atoms with Crippen LogP contribution in [0.1, 0.15) is 49.2 Å². The van der Waals surface area contributed by atoms with Crippen LogP contribution in [-0.2, 0) is 6.54 Å². The number of thiazole rings is 1. The maximum absolute atomic E-state index is 4.74. The van der Waals surface area contributed by atoms with Gasteiger partial charge in [0.05, 0.1) is 5.69 Å². The Morgan fingerprint density at radius 2 is 1.95 bits per heavy atom. The number of nitrogens with one attached hydrogen (secondary N) is 1. The number of hydrogen-bond acceptors (Lipinski definition) is 5. The van der Waals surface area contributed by atoms with Crippen LogP contribution in [0.4, 0.5) is 0 Å². The van der Waals surface area contributed by atoms with Gasteiger partial charge in [0.1, 0.15) is 0 Å². The molecular formula is C15H22N4S. The zero-order valence-corrected chi connectivity index (χ0v) is 13.4. The second kappa shape index (κ2) is 6.90. The molecule has 2 heterocycles. The first-order chi connectivity index (χ1) is 9.61. The molecule has 0 aromatic carbocycles. The minimum atomic E-state index is 0.420. The van der Waals surface area contributed by atoms with Gasteiger partial charge in [-0.05, 0) is 31.4 Å². The summed E-state index contributed by atoms with van der Waals surface area (Å²) >= 11 is 1.70. The predicted octanol–water partition coefficient (Wildman–Crippen LogP) is 3.53. The first kappa shape index (κ1) is 15.1. The van der Waals surface area contributed by atoms with Crippen LogP contribution in [0.2, 0.25) is 0 Å². The number of hydrogen-bond donors (Lipinski definition) is 1. The lowest BCUT2D eigenvalue weighted by atomic mass is 10.1. The molecule has 0 bridgehead atoms. The van der Waals surface area contributed by atoms with Crippen molar-refractivity contribution in [2.24, 2.45) is 0 Å². The highest BCUT2D eigenvalue weighted by molar-refractivity contribution is 7.15. The van der Waals surface area contributed by atoms with Crippen LogP contribution in [-0.4, -0.2) is 21.5 Å². The van der Waals surface area contributed by atoms with Crippen molar-refractivity contribution in [3.63, 3.8) is 0 Å². The molecule has 0 aliphatic heterocycles. The molecule has 2 rings (SSSR count). The normalized spacial score (nSPS) is 11.2. The molecule has 20 heavy (non-hydrogen) atoms. The Morgan fingerprint density at radius 1 is 1.25 bits per heavy atom. The Kier molecular flexibility index (Phi) is 5.20. The molecule has 0 aliphatic rings. The number of rotatable bonds is 6. The van der Waals surface area contributed by atoms with Gasteiger partial charge in [-0.1, -0.05) is 20.8 Å². The quantitative estimate of drug-likeness (QED) is 0.827. The standard InChI is InChI=1S/C15H22N4S/c1-5-6-16-9-12-13(10(2)3)19-15(20-12)14-17-7-11(4)8-18-14/h7-8,10,16H,5-6,9H2,1-4H3. The van der Waals surface area contributed by atoms with Crippen molar-refractivity contribution in [2.75, 3.05) is 6.54 Å². The Balaban J connectivity index is 2.26. The van der Waals surface area contributed by atoms with E-state index in [0.717, 1.165) is 41.6 Å². The number of aromatic nitrogens is 3. The van der Waals surface area contributed by atoms with E-state index in [-0.39, 0.29) is 0 Å². The molecule has 0 aliphatic carbocycles. The van der Waals surface area contributed by atoms with Gasteiger partial charge < -0.3 is 5.32 Å². The minimum absolute atomic E-state index is 0.420. The summed E-state index contributed by atoms with van der Waals surface area (Å²) in [6, 6.07) is 0. The van der Waals surface area contributed by atoms with Gasteiger partial charge in [-0.25, -0.2) is 15.0 Å². The first-order valence-electron chi connectivity index (χ1n) is 7.11. The third-order valence-corrected chi connectivity index (χ3v) is 4.03. The summed E-state index contributed by atoms with van der Waals surface area (Å²) < 4.78 is 0. The van der Waals surface area contributed by atoms with Gasteiger partial charge >= 0.3 is 0 Å². The summed E-state index contributed by atoms with van der Waals surface area (Å²) in [5.74, 6) is 1.15. The molecule has 2 aromatic heterocycles. The van der Waals surface area contributed by atoms with Gasteiger partial charge in [-0.3, -0.25) is 0 Å². The Hall–Kier alpha value is -1.33. The monoisotopic (exact) mass is 290 g/mol. The summed E-state index contributed by atoms with van der Waals surface area (Å²) in [6.45, 7) is 10.4. The molecule has 1 N–H and O–H groups in total. The fraction of sp³-hybridized carbons (Fsp3) is 0.533. The lowest BCUT2D eigenvalue weighted by Gasteiger charge is -2.05. The van der Waals surface area contributed by atoms with Crippen LogP contribution in [0, 0.1) is 6.92 Å². The number of aryl methyl sites for hydroxylation is 1. The second-order valence-electron chi connectivity index (χ2n) is 5.24. The van der Waals surface area contributed by atoms with Crippen molar-refractivity contribution in [3.8, 4) is 10.8 Å². The van der Waals surface area contributed by atoms with E-state index in [1.54, 1.807) is 11.3 Å². The summed E-state index contributed by atoms with van der Waals surface area (Å²) in [5.41, 5.74) is 2.23. The summed E-state index contributed by atoms with van der Waals surface area (Å²) in [4.78, 5) is 14.8. The topological polar surface area (TPSA) is 50.7 Å². The van der Waals surface area contributed by atoms with E-state index < -0.39 is 0 Å². The SMILES string of the molecule is CCCNCc1sc(-c2ncc(C)cn2)nc1C(C)C. The zero-order valence-electron chi connectivity index (χ0n) is 12.6. The van der Waals surface area contributed by atoms with Crippen LogP contribution in [0.5, 0.6) is 0 Å². The van der Waals surface area contributed by atoms with E-state index in [9.17, 15) is 0 Å². The van der Waals surface area contributed by atoms with E-state index in [1.165, 1.54) is 4.88 Å². The minimum Gasteiger partial charge on any atom is -0.312 e. The van der Waals surface area contributed by atoms with Crippen molar-refractivity contribution in [3.05, 3.63) is 28.5 Å². The Morgan fingerprint density at radius 3 is 2.55 bits per heavy atom. The van der Waals surface area contributed by atoms with Crippen LogP contribution >= 0.6 is 11.3 Å². The molecule has 2 aromatic rings. The van der Waals surface area contributed by atoms with Crippen LogP contribution in [0.15, 0.2) is 12.4 Å². The van der Waals surface area contributed by atoms with Gasteiger partial charge in [0, 0.05) is 23.8 Å². The largest absolute Gasteiger partial charge is 0.312 e. The van der Waals surface area contributed by atoms with Gasteiger partial charge in [0.25, 0.3) is 0 Å². The summed E-state index contributed by atoms with van der Waals surface area (Å²) in [6.07, 6.45) is 4.82. The highest BCUT2D eigenvalue weighted by Crippen LogP contribution is 2.29. The third-order valence-electron chi connectivity index (χ3n) is 2.96. The molecule has 0 radical (unpaired) electrons. The van der Waals surface area contributed by atoms with Crippen molar-refractivity contribution in [2.45, 2.75) is 46.6 Å². The molecule has 0 amide bonds. The van der Waals surface area contributed by atoms with E-state index in [1.807, 2.05) is 19.3 Å². The molecule has 0 unspecified atom stereocenters. The van der Waals surface area contributed by atoms with Gasteiger partial charge in [0.15, 0.2) is 10.8 Å². The van der Waals surface area contributed by atoms with Gasteiger partial charge in [-0.2, -0.15) is 0 Å². The molecule has 108 valence electrons. The van der Waals surface area contributed by atoms with E-state index in [4.69, 9.17) is 4.98 Å². The van der Waals surface area contributed by atoms with Crippen LogP contribution in [0.25, 0.3) is 10.8 Å². The van der Waals surface area contributed by atoms with Crippen molar-refractivity contribution >= 4 is 11.3 Å². The zero-order chi connectivity index (χ0) is 14.5. The van der Waals surface area contributed by atoms with Gasteiger partial charge in [-0.15, -0.1) is 11.3 Å². The van der Waals surface area contributed by atoms with Crippen molar-refractivity contribution in [1.82, 2.24) is 20.3 Å². The average molecular weight is 290 g/mol. The second-order valence-corrected chi connectivity index (χ2v) is 6.33. The van der Waals surface area contributed by atoms with Crippen LogP contribution in [0.3, 0.4) is 0 Å². The van der Waals surface area contributed by atoms with E-state index in [0.29, 0.717) is 5.92 Å². The Bertz CT molecular complexity index is 546. The van der Waals surface area contributed by atoms with Gasteiger partial charge in [0.2, 0.25) is 0 Å². The lowest BCUT2D eigenvalue weighted by Crippen LogP contribution is -2.14. The summed E-state index contributed by atoms with van der Waals surface area (Å²) in [5, 5.41) is 4.37. The predicted molar refractivity (Wildman–Crippen MR) is 84.0 cm³/mol. The fourth-order valence-electron chi connectivity index (χ4n) is 1.92. The smallest absolute Gasteiger partial charge is 0.188 e. The maximum Gasteiger partial charge on any atom is 0.188 e. The molecule has 0 fully saturated rings. The van der Waals surface area contributed by atoms with E-state index in [2.05, 4.69) is 36.1 Å². The molecule has 0 spiro atoms. The molecule has 0 atom stereocenters. The average Bonchev–Trinajstić information content (AvgIpc) is 2.84. The van der Waals surface area contributed by atoms with Crippen LogP contribution < -0.4 is 5.32 Å². The molecule has 0 saturated carbocycles. The molecule has 5 heteroatoms. The summed E-state index contributed by atoms with van der Waals surface area (Å²) in [7, 11) is 0. The van der Waals surface area contributed by atoms with E-state index >= 15 is 0 Å². The Labute approximate surface area is 124 Å². The molecular weight excluding hydrogens is 268 g/mol. The van der Waals surface area contributed by atoms with Crippen molar-refractivity contribution in [1.29, 1.82) is 0 Å². The number of nitrogens with zero attached hydrogens (tertiary/aromatic N) is 3. The highest BCUT2D eigenvalue weighted by atomic mass is 32.1. The maximum atomic E-state index is 4.74.